The molecule has 7 aromatic carbocycles. The van der Waals surface area contributed by atoms with E-state index in [0.29, 0.717) is 5.82 Å². The maximum absolute atomic E-state index is 6.83. The van der Waals surface area contributed by atoms with E-state index in [-0.39, 0.29) is 0 Å². The van der Waals surface area contributed by atoms with Crippen LogP contribution in [-0.4, -0.2) is 14.5 Å². The first kappa shape index (κ1) is 26.7. The van der Waals surface area contributed by atoms with Crippen molar-refractivity contribution in [3.05, 3.63) is 152 Å². The van der Waals surface area contributed by atoms with Gasteiger partial charge in [0.2, 0.25) is 0 Å². The van der Waals surface area contributed by atoms with Crippen molar-refractivity contribution in [2.45, 2.75) is 0 Å². The zero-order valence-electron chi connectivity index (χ0n) is 26.1. The predicted octanol–water partition coefficient (Wildman–Crippen LogP) is 12.3. The van der Waals surface area contributed by atoms with E-state index in [1.807, 2.05) is 6.07 Å². The van der Waals surface area contributed by atoms with Crippen molar-refractivity contribution >= 4 is 86.2 Å². The Labute approximate surface area is 284 Å². The first-order chi connectivity index (χ1) is 24.3. The number of aromatic nitrogens is 3. The Bertz CT molecular complexity index is 3060. The normalized spacial score (nSPS) is 12.1. The van der Waals surface area contributed by atoms with Gasteiger partial charge in [-0.05, 0) is 47.2 Å². The fraction of sp³-hybridized carbons (Fsp3) is 0. The highest BCUT2D eigenvalue weighted by molar-refractivity contribution is 7.26. The monoisotopic (exact) mass is 643 g/mol. The fourth-order valence-corrected chi connectivity index (χ4v) is 8.79. The molecular formula is C44H25N3OS. The Morgan fingerprint density at radius 1 is 0.551 bits per heavy atom. The number of rotatable bonds is 3. The second kappa shape index (κ2) is 10.1. The smallest absolute Gasteiger partial charge is 0.164 e. The largest absolute Gasteiger partial charge is 0.455 e. The number of para-hydroxylation sites is 2. The minimum absolute atomic E-state index is 0.644. The molecule has 5 heteroatoms. The van der Waals surface area contributed by atoms with Crippen LogP contribution in [0.5, 0.6) is 0 Å². The number of fused-ring (bicyclic) bond motifs is 11. The summed E-state index contributed by atoms with van der Waals surface area (Å²) in [5.74, 6) is 0.644. The second-order valence-corrected chi connectivity index (χ2v) is 13.6. The molecule has 4 aromatic heterocycles. The molecule has 228 valence electrons. The summed E-state index contributed by atoms with van der Waals surface area (Å²) < 4.78 is 11.5. The summed E-state index contributed by atoms with van der Waals surface area (Å²) in [7, 11) is 0. The van der Waals surface area contributed by atoms with Gasteiger partial charge < -0.3 is 8.98 Å². The summed E-state index contributed by atoms with van der Waals surface area (Å²) in [5, 5.41) is 8.05. The summed E-state index contributed by atoms with van der Waals surface area (Å²) in [6, 6.07) is 53.5. The van der Waals surface area contributed by atoms with Gasteiger partial charge in [0.15, 0.2) is 5.82 Å². The summed E-state index contributed by atoms with van der Waals surface area (Å²) in [6.07, 6.45) is 0. The van der Waals surface area contributed by atoms with Crippen LogP contribution in [0.2, 0.25) is 0 Å². The lowest BCUT2D eigenvalue weighted by atomic mass is 10.0. The van der Waals surface area contributed by atoms with Gasteiger partial charge in [0.1, 0.15) is 11.2 Å². The number of thiophene rings is 1. The summed E-state index contributed by atoms with van der Waals surface area (Å²) in [5.41, 5.74) is 8.79. The van der Waals surface area contributed by atoms with E-state index in [1.54, 1.807) is 11.3 Å². The van der Waals surface area contributed by atoms with E-state index in [1.165, 1.54) is 20.9 Å². The summed E-state index contributed by atoms with van der Waals surface area (Å²) in [4.78, 5) is 10.8. The number of benzene rings is 7. The molecule has 11 rings (SSSR count). The first-order valence-corrected chi connectivity index (χ1v) is 17.2. The van der Waals surface area contributed by atoms with Crippen molar-refractivity contribution < 1.29 is 4.42 Å². The molecule has 0 aliphatic carbocycles. The lowest BCUT2D eigenvalue weighted by Crippen LogP contribution is -1.98. The molecule has 0 bridgehead atoms. The minimum Gasteiger partial charge on any atom is -0.455 e. The van der Waals surface area contributed by atoms with Crippen LogP contribution >= 0.6 is 11.3 Å². The molecule has 0 amide bonds. The Balaban J connectivity index is 1.32. The molecule has 0 saturated heterocycles. The lowest BCUT2D eigenvalue weighted by Gasteiger charge is -2.12. The van der Waals surface area contributed by atoms with Crippen molar-refractivity contribution in [1.82, 2.24) is 14.5 Å². The van der Waals surface area contributed by atoms with Gasteiger partial charge in [-0.2, -0.15) is 0 Å². The average Bonchev–Trinajstić information content (AvgIpc) is 3.84. The molecule has 0 fully saturated rings. The van der Waals surface area contributed by atoms with Gasteiger partial charge in [-0.25, -0.2) is 9.97 Å². The van der Waals surface area contributed by atoms with Crippen LogP contribution < -0.4 is 0 Å². The summed E-state index contributed by atoms with van der Waals surface area (Å²) >= 11 is 1.75. The summed E-state index contributed by atoms with van der Waals surface area (Å²) in [6.45, 7) is 0. The van der Waals surface area contributed by atoms with Gasteiger partial charge in [-0.1, -0.05) is 115 Å². The molecule has 0 atom stereocenters. The van der Waals surface area contributed by atoms with Crippen LogP contribution in [0.15, 0.2) is 156 Å². The van der Waals surface area contributed by atoms with E-state index in [2.05, 4.69) is 150 Å². The Hall–Kier alpha value is -6.30. The molecule has 0 radical (unpaired) electrons. The molecule has 4 heterocycles. The van der Waals surface area contributed by atoms with Crippen LogP contribution in [0.3, 0.4) is 0 Å². The standard InChI is InChI=1S/C44H25N3OS/c1-2-13-27(14-3-1)40-43-41(32-18-8-11-21-38(32)49-43)46-44(45-40)34-25-28(47-35-19-9-6-16-30(35)31-17-7-10-20-36(31)47)24-33-39-29-15-5-4-12-26(29)22-23-37(39)48-42(33)34/h1-25H. The fourth-order valence-electron chi connectivity index (χ4n) is 7.63. The maximum atomic E-state index is 6.83. The molecule has 0 aliphatic rings. The van der Waals surface area contributed by atoms with E-state index >= 15 is 0 Å². The lowest BCUT2D eigenvalue weighted by molar-refractivity contribution is 0.670. The molecule has 0 saturated carbocycles. The zero-order chi connectivity index (χ0) is 32.1. The van der Waals surface area contributed by atoms with Gasteiger partial charge in [0, 0.05) is 42.9 Å². The molecule has 0 aliphatic heterocycles. The molecule has 0 spiro atoms. The Morgan fingerprint density at radius 2 is 1.22 bits per heavy atom. The highest BCUT2D eigenvalue weighted by Gasteiger charge is 2.23. The minimum atomic E-state index is 0.644. The maximum Gasteiger partial charge on any atom is 0.164 e. The van der Waals surface area contributed by atoms with E-state index in [9.17, 15) is 0 Å². The van der Waals surface area contributed by atoms with Gasteiger partial charge in [-0.3, -0.25) is 0 Å². The third-order valence-corrected chi connectivity index (χ3v) is 11.0. The third-order valence-electron chi connectivity index (χ3n) is 9.79. The Morgan fingerprint density at radius 3 is 2.02 bits per heavy atom. The topological polar surface area (TPSA) is 43.9 Å². The van der Waals surface area contributed by atoms with Crippen molar-refractivity contribution in [1.29, 1.82) is 0 Å². The molecule has 49 heavy (non-hydrogen) atoms. The quantitative estimate of drug-likeness (QED) is 0.192. The predicted molar refractivity (Wildman–Crippen MR) is 205 cm³/mol. The van der Waals surface area contributed by atoms with Crippen LogP contribution in [0, 0.1) is 0 Å². The number of furan rings is 1. The van der Waals surface area contributed by atoms with Gasteiger partial charge in [0.05, 0.1) is 32.5 Å². The number of hydrogen-bond donors (Lipinski definition) is 0. The second-order valence-electron chi connectivity index (χ2n) is 12.5. The van der Waals surface area contributed by atoms with Gasteiger partial charge >= 0.3 is 0 Å². The average molecular weight is 644 g/mol. The van der Waals surface area contributed by atoms with Crippen LogP contribution in [-0.2, 0) is 0 Å². The number of nitrogens with zero attached hydrogens (tertiary/aromatic N) is 3. The SMILES string of the molecule is c1ccc(-c2nc(-c3cc(-n4c5ccccc5c5ccccc54)cc4c3oc3ccc5ccccc5c34)nc3c2sc2ccccc23)cc1. The van der Waals surface area contributed by atoms with E-state index in [4.69, 9.17) is 14.4 Å². The molecular weight excluding hydrogens is 619 g/mol. The number of hydrogen-bond acceptors (Lipinski definition) is 4. The van der Waals surface area contributed by atoms with Gasteiger partial charge in [0.25, 0.3) is 0 Å². The Kier molecular flexibility index (Phi) is 5.51. The zero-order valence-corrected chi connectivity index (χ0v) is 26.9. The molecule has 0 unspecified atom stereocenters. The van der Waals surface area contributed by atoms with Crippen molar-refractivity contribution in [3.8, 4) is 28.3 Å². The van der Waals surface area contributed by atoms with Crippen molar-refractivity contribution in [2.75, 3.05) is 0 Å². The van der Waals surface area contributed by atoms with Crippen molar-refractivity contribution in [2.24, 2.45) is 0 Å². The van der Waals surface area contributed by atoms with Crippen LogP contribution in [0.1, 0.15) is 0 Å². The first-order valence-electron chi connectivity index (χ1n) is 16.4. The van der Waals surface area contributed by atoms with Crippen molar-refractivity contribution in [3.63, 3.8) is 0 Å². The highest BCUT2D eigenvalue weighted by Crippen LogP contribution is 2.44. The van der Waals surface area contributed by atoms with E-state index in [0.717, 1.165) is 76.5 Å². The molecule has 0 N–H and O–H groups in total. The van der Waals surface area contributed by atoms with Crippen LogP contribution in [0.4, 0.5) is 0 Å². The van der Waals surface area contributed by atoms with E-state index < -0.39 is 0 Å². The highest BCUT2D eigenvalue weighted by atomic mass is 32.1. The van der Waals surface area contributed by atoms with Crippen LogP contribution in [0.25, 0.3) is 103 Å². The van der Waals surface area contributed by atoms with Gasteiger partial charge in [-0.15, -0.1) is 11.3 Å². The molecule has 11 aromatic rings. The third kappa shape index (κ3) is 3.85. The molecule has 4 nitrogen and oxygen atoms in total.